The van der Waals surface area contributed by atoms with E-state index < -0.39 is 17.7 Å². The quantitative estimate of drug-likeness (QED) is 0.281. The number of hydrogen-bond acceptors (Lipinski definition) is 9. The van der Waals surface area contributed by atoms with Gasteiger partial charge in [0.05, 0.1) is 31.8 Å². The van der Waals surface area contributed by atoms with Crippen molar-refractivity contribution in [2.24, 2.45) is 0 Å². The number of esters is 2. The third-order valence-corrected chi connectivity index (χ3v) is 3.83. The van der Waals surface area contributed by atoms with Gasteiger partial charge in [-0.25, -0.2) is 19.1 Å². The minimum Gasteiger partial charge on any atom is -0.501 e. The summed E-state index contributed by atoms with van der Waals surface area (Å²) >= 11 is 0. The average molecular weight is 430 g/mol. The summed E-state index contributed by atoms with van der Waals surface area (Å²) in [5, 5.41) is 13.2. The molecule has 0 N–H and O–H groups in total. The highest BCUT2D eigenvalue weighted by molar-refractivity contribution is 6.40. The van der Waals surface area contributed by atoms with E-state index in [0.717, 1.165) is 0 Å². The Labute approximate surface area is 180 Å². The van der Waals surface area contributed by atoms with E-state index in [2.05, 4.69) is 14.8 Å². The van der Waals surface area contributed by atoms with Crippen molar-refractivity contribution < 1.29 is 28.6 Å². The van der Waals surface area contributed by atoms with Gasteiger partial charge in [0.1, 0.15) is 11.6 Å². The Morgan fingerprint density at radius 1 is 1.13 bits per heavy atom. The normalized spacial score (nSPS) is 10.5. The summed E-state index contributed by atoms with van der Waals surface area (Å²) in [4.78, 5) is 38.0. The van der Waals surface area contributed by atoms with Crippen molar-refractivity contribution in [3.05, 3.63) is 40.5 Å². The summed E-state index contributed by atoms with van der Waals surface area (Å²) in [5.74, 6) is -1.96. The van der Waals surface area contributed by atoms with Crippen LogP contribution in [0.2, 0.25) is 0 Å². The number of aromatic nitrogens is 3. The van der Waals surface area contributed by atoms with Crippen molar-refractivity contribution in [3.63, 3.8) is 0 Å². The van der Waals surface area contributed by atoms with Crippen LogP contribution in [0.5, 0.6) is 0 Å². The Hall–Kier alpha value is -3.74. The Morgan fingerprint density at radius 3 is 2.32 bits per heavy atom. The molecule has 0 fully saturated rings. The first kappa shape index (κ1) is 25.3. The average Bonchev–Trinajstić information content (AvgIpc) is 3.06. The highest BCUT2D eigenvalue weighted by Crippen LogP contribution is 2.17. The molecule has 0 saturated carbocycles. The van der Waals surface area contributed by atoms with Crippen LogP contribution in [-0.4, -0.2) is 52.1 Å². The second kappa shape index (κ2) is 12.1. The van der Waals surface area contributed by atoms with E-state index in [1.54, 1.807) is 40.8 Å². The molecule has 0 spiro atoms. The number of aryl methyl sites for hydroxylation is 2. The highest BCUT2D eigenvalue weighted by atomic mass is 16.5. The van der Waals surface area contributed by atoms with Crippen LogP contribution in [0, 0.1) is 25.2 Å². The Morgan fingerprint density at radius 2 is 1.77 bits per heavy atom. The summed E-state index contributed by atoms with van der Waals surface area (Å²) in [6.07, 6.45) is 2.81. The molecule has 31 heavy (non-hydrogen) atoms. The summed E-state index contributed by atoms with van der Waals surface area (Å²) < 4.78 is 15.7. The van der Waals surface area contributed by atoms with Crippen LogP contribution in [0.25, 0.3) is 5.65 Å². The van der Waals surface area contributed by atoms with Crippen molar-refractivity contribution in [2.45, 2.75) is 41.5 Å². The zero-order valence-corrected chi connectivity index (χ0v) is 18.5. The number of ketones is 1. The van der Waals surface area contributed by atoms with E-state index in [0.29, 0.717) is 34.8 Å². The molecule has 166 valence electrons. The molecular weight excluding hydrogens is 404 g/mol. The van der Waals surface area contributed by atoms with E-state index in [9.17, 15) is 14.4 Å². The Bertz CT molecular complexity index is 1030. The minimum absolute atomic E-state index is 0.201. The molecule has 0 radical (unpaired) electrons. The predicted molar refractivity (Wildman–Crippen MR) is 110 cm³/mol. The number of nitrogens with zero attached hydrogens (tertiary/aromatic N) is 4. The Kier molecular flexibility index (Phi) is 9.85. The zero-order valence-electron chi connectivity index (χ0n) is 18.5. The number of fused-ring (bicyclic) bond motifs is 1. The number of nitriles is 1. The first-order valence-electron chi connectivity index (χ1n) is 9.65. The highest BCUT2D eigenvalue weighted by Gasteiger charge is 2.20. The number of ether oxygens (including phenoxy) is 3. The SMILES string of the molecule is CCO/C=C(\C)C(=O)C(=O)OCC.CCOC(=O)c1c(C)cnc2c(C#N)c(C)nn12. The third-order valence-electron chi connectivity index (χ3n) is 3.83. The van der Waals surface area contributed by atoms with Crippen molar-refractivity contribution in [1.29, 1.82) is 5.26 Å². The molecular formula is C21H26N4O6. The van der Waals surface area contributed by atoms with Gasteiger partial charge in [-0.3, -0.25) is 4.79 Å². The first-order chi connectivity index (χ1) is 14.7. The van der Waals surface area contributed by atoms with Crippen molar-refractivity contribution in [2.75, 3.05) is 19.8 Å². The second-order valence-electron chi connectivity index (χ2n) is 6.12. The largest absolute Gasteiger partial charge is 0.501 e. The summed E-state index contributed by atoms with van der Waals surface area (Å²) in [7, 11) is 0. The fourth-order valence-electron chi connectivity index (χ4n) is 2.37. The van der Waals surface area contributed by atoms with Crippen LogP contribution in [0.1, 0.15) is 55.0 Å². The van der Waals surface area contributed by atoms with Crippen molar-refractivity contribution in [1.82, 2.24) is 14.6 Å². The number of hydrogen-bond donors (Lipinski definition) is 0. The monoisotopic (exact) mass is 430 g/mol. The lowest BCUT2D eigenvalue weighted by Gasteiger charge is -2.06. The van der Waals surface area contributed by atoms with Crippen LogP contribution >= 0.6 is 0 Å². The molecule has 0 aliphatic heterocycles. The second-order valence-corrected chi connectivity index (χ2v) is 6.12. The summed E-state index contributed by atoms with van der Waals surface area (Å²) in [5.41, 5.74) is 2.52. The van der Waals surface area contributed by atoms with Crippen LogP contribution in [-0.2, 0) is 23.8 Å². The van der Waals surface area contributed by atoms with Gasteiger partial charge in [0.2, 0.25) is 0 Å². The van der Waals surface area contributed by atoms with Gasteiger partial charge in [0.25, 0.3) is 5.78 Å². The maximum Gasteiger partial charge on any atom is 0.379 e. The molecule has 0 bridgehead atoms. The molecule has 2 rings (SSSR count). The number of Topliss-reactive ketones (excluding diaryl/α,β-unsaturated/α-hetero) is 1. The predicted octanol–water partition coefficient (Wildman–Crippen LogP) is 2.45. The lowest BCUT2D eigenvalue weighted by Crippen LogP contribution is -2.18. The third kappa shape index (κ3) is 6.37. The summed E-state index contributed by atoms with van der Waals surface area (Å²) in [6, 6.07) is 2.04. The van der Waals surface area contributed by atoms with Gasteiger partial charge in [-0.2, -0.15) is 10.4 Å². The lowest BCUT2D eigenvalue weighted by atomic mass is 10.2. The van der Waals surface area contributed by atoms with Crippen molar-refractivity contribution >= 4 is 23.4 Å². The smallest absolute Gasteiger partial charge is 0.379 e. The van der Waals surface area contributed by atoms with Crippen molar-refractivity contribution in [3.8, 4) is 6.07 Å². The van der Waals surface area contributed by atoms with Gasteiger partial charge in [-0.05, 0) is 41.5 Å². The number of rotatable bonds is 7. The van der Waals surface area contributed by atoms with Crippen LogP contribution in [0.15, 0.2) is 18.0 Å². The van der Waals surface area contributed by atoms with Gasteiger partial charge < -0.3 is 14.2 Å². The molecule has 0 amide bonds. The molecule has 10 nitrogen and oxygen atoms in total. The van der Waals surface area contributed by atoms with E-state index in [-0.39, 0.29) is 18.8 Å². The number of carbonyl (C=O) groups excluding carboxylic acids is 3. The van der Waals surface area contributed by atoms with Gasteiger partial charge in [0.15, 0.2) is 11.3 Å². The van der Waals surface area contributed by atoms with E-state index in [1.165, 1.54) is 17.7 Å². The molecule has 0 aromatic carbocycles. The van der Waals surface area contributed by atoms with Crippen LogP contribution < -0.4 is 0 Å². The molecule has 2 aromatic rings. The summed E-state index contributed by atoms with van der Waals surface area (Å²) in [6.45, 7) is 11.1. The molecule has 2 heterocycles. The molecule has 2 aromatic heterocycles. The molecule has 0 unspecified atom stereocenters. The van der Waals surface area contributed by atoms with Crippen LogP contribution in [0.4, 0.5) is 0 Å². The van der Waals surface area contributed by atoms with Gasteiger partial charge >= 0.3 is 11.9 Å². The molecule has 0 aliphatic carbocycles. The van der Waals surface area contributed by atoms with E-state index in [1.807, 2.05) is 6.07 Å². The Balaban J connectivity index is 0.000000330. The first-order valence-corrected chi connectivity index (χ1v) is 9.65. The fraction of sp³-hybridized carbons (Fsp3) is 0.429. The maximum absolute atomic E-state index is 11.9. The molecule has 0 aliphatic rings. The fourth-order valence-corrected chi connectivity index (χ4v) is 2.37. The minimum atomic E-state index is -0.837. The van der Waals surface area contributed by atoms with E-state index in [4.69, 9.17) is 14.7 Å². The molecule has 0 atom stereocenters. The van der Waals surface area contributed by atoms with Crippen LogP contribution in [0.3, 0.4) is 0 Å². The lowest BCUT2D eigenvalue weighted by molar-refractivity contribution is -0.151. The molecule has 0 saturated heterocycles. The topological polar surface area (TPSA) is 133 Å². The maximum atomic E-state index is 11.9. The van der Waals surface area contributed by atoms with E-state index >= 15 is 0 Å². The van der Waals surface area contributed by atoms with Gasteiger partial charge in [-0.15, -0.1) is 0 Å². The molecule has 10 heteroatoms. The standard InChI is InChI=1S/C12H12N4O2.C9H14O4/c1-4-18-12(17)10-7(2)6-14-11-9(5-13)8(3)15-16(10)11;1-4-12-6-7(3)8(10)9(11)13-5-2/h6H,4H2,1-3H3;6H,4-5H2,1-3H3/b;7-6+. The van der Waals surface area contributed by atoms with Gasteiger partial charge in [-0.1, -0.05) is 0 Å². The zero-order chi connectivity index (χ0) is 23.6. The number of carbonyl (C=O) groups is 3. The van der Waals surface area contributed by atoms with Gasteiger partial charge in [0, 0.05) is 17.3 Å².